The van der Waals surface area contributed by atoms with Crippen molar-refractivity contribution in [3.63, 3.8) is 0 Å². The molecular formula is C18H19BrN2O2S. The number of nitrogens with one attached hydrogen (secondary N) is 2. The largest absolute Gasteiger partial charge is 0.491 e. The number of hydrogen-bond acceptors (Lipinski definition) is 3. The topological polar surface area (TPSA) is 50.4 Å². The maximum atomic E-state index is 12.2. The predicted octanol–water partition coefficient (Wildman–Crippen LogP) is 4.75. The second kappa shape index (κ2) is 9.39. The number of thiocarbonyl (C=S) groups is 1. The van der Waals surface area contributed by atoms with Gasteiger partial charge >= 0.3 is 0 Å². The molecule has 0 saturated carbocycles. The molecule has 0 aliphatic heterocycles. The smallest absolute Gasteiger partial charge is 0.257 e. The molecule has 2 aromatic carbocycles. The molecule has 0 radical (unpaired) electrons. The number of halogens is 1. The summed E-state index contributed by atoms with van der Waals surface area (Å²) >= 11 is 8.57. The van der Waals surface area contributed by atoms with Gasteiger partial charge in [0.15, 0.2) is 5.11 Å². The van der Waals surface area contributed by atoms with Gasteiger partial charge < -0.3 is 10.1 Å². The van der Waals surface area contributed by atoms with Gasteiger partial charge in [-0.05, 0) is 49.0 Å². The van der Waals surface area contributed by atoms with E-state index in [-0.39, 0.29) is 11.0 Å². The van der Waals surface area contributed by atoms with Crippen LogP contribution < -0.4 is 15.4 Å². The Kier molecular flexibility index (Phi) is 7.21. The Hall–Kier alpha value is -1.92. The number of benzene rings is 2. The first kappa shape index (κ1) is 18.4. The summed E-state index contributed by atoms with van der Waals surface area (Å²) in [5.41, 5.74) is 1.26. The fraction of sp³-hybridized carbons (Fsp3) is 0.222. The van der Waals surface area contributed by atoms with E-state index in [9.17, 15) is 4.79 Å². The zero-order valence-electron chi connectivity index (χ0n) is 13.3. The van der Waals surface area contributed by atoms with E-state index in [4.69, 9.17) is 17.0 Å². The van der Waals surface area contributed by atoms with Crippen LogP contribution in [-0.4, -0.2) is 17.6 Å². The summed E-state index contributed by atoms with van der Waals surface area (Å²) in [6, 6.07) is 14.6. The maximum Gasteiger partial charge on any atom is 0.257 e. The zero-order valence-corrected chi connectivity index (χ0v) is 15.7. The molecule has 2 N–H and O–H groups in total. The number of para-hydroxylation sites is 2. The molecule has 2 rings (SSSR count). The highest BCUT2D eigenvalue weighted by Gasteiger charge is 2.10. The molecule has 4 nitrogen and oxygen atoms in total. The molecule has 24 heavy (non-hydrogen) atoms. The van der Waals surface area contributed by atoms with Crippen LogP contribution in [0.15, 0.2) is 53.0 Å². The van der Waals surface area contributed by atoms with Crippen molar-refractivity contribution in [3.8, 4) is 5.75 Å². The SMILES string of the molecule is CCCCOc1ccccc1NC(=S)NC(=O)c1cccc(Br)c1. The third kappa shape index (κ3) is 5.62. The molecule has 0 fully saturated rings. The summed E-state index contributed by atoms with van der Waals surface area (Å²) in [7, 11) is 0. The normalized spacial score (nSPS) is 10.1. The van der Waals surface area contributed by atoms with E-state index in [0.29, 0.717) is 17.9 Å². The summed E-state index contributed by atoms with van der Waals surface area (Å²) in [6.45, 7) is 2.76. The monoisotopic (exact) mass is 406 g/mol. The second-order valence-corrected chi connectivity index (χ2v) is 6.44. The molecule has 126 valence electrons. The molecule has 0 heterocycles. The minimum atomic E-state index is -0.266. The fourth-order valence-electron chi connectivity index (χ4n) is 1.98. The Labute approximate surface area is 155 Å². The van der Waals surface area contributed by atoms with Gasteiger partial charge in [0.2, 0.25) is 0 Å². The molecule has 1 amide bonds. The van der Waals surface area contributed by atoms with Crippen LogP contribution >= 0.6 is 28.1 Å². The molecule has 0 aliphatic carbocycles. The van der Waals surface area contributed by atoms with Gasteiger partial charge in [-0.15, -0.1) is 0 Å². The number of ether oxygens (including phenoxy) is 1. The number of unbranched alkanes of at least 4 members (excludes halogenated alkanes) is 1. The van der Waals surface area contributed by atoms with Crippen molar-refractivity contribution in [1.29, 1.82) is 0 Å². The van der Waals surface area contributed by atoms with Crippen molar-refractivity contribution in [2.45, 2.75) is 19.8 Å². The summed E-state index contributed by atoms with van der Waals surface area (Å²) in [4.78, 5) is 12.2. The Bertz CT molecular complexity index is 722. The molecule has 0 bridgehead atoms. The molecule has 0 spiro atoms. The summed E-state index contributed by atoms with van der Waals surface area (Å²) < 4.78 is 6.58. The highest BCUT2D eigenvalue weighted by molar-refractivity contribution is 9.10. The molecule has 0 unspecified atom stereocenters. The Balaban J connectivity index is 1.98. The van der Waals surface area contributed by atoms with E-state index in [0.717, 1.165) is 23.0 Å². The number of hydrogen-bond donors (Lipinski definition) is 2. The van der Waals surface area contributed by atoms with E-state index in [1.807, 2.05) is 30.3 Å². The van der Waals surface area contributed by atoms with Crippen LogP contribution in [0.2, 0.25) is 0 Å². The zero-order chi connectivity index (χ0) is 17.4. The first-order valence-corrected chi connectivity index (χ1v) is 8.90. The third-order valence-corrected chi connectivity index (χ3v) is 3.90. The first-order chi connectivity index (χ1) is 11.6. The molecule has 0 aromatic heterocycles. The summed E-state index contributed by atoms with van der Waals surface area (Å²) in [5.74, 6) is 0.447. The lowest BCUT2D eigenvalue weighted by Gasteiger charge is -2.14. The number of rotatable bonds is 6. The van der Waals surface area contributed by atoms with Crippen molar-refractivity contribution < 1.29 is 9.53 Å². The average molecular weight is 407 g/mol. The lowest BCUT2D eigenvalue weighted by atomic mass is 10.2. The number of carbonyl (C=O) groups is 1. The van der Waals surface area contributed by atoms with Crippen molar-refractivity contribution in [2.24, 2.45) is 0 Å². The lowest BCUT2D eigenvalue weighted by Crippen LogP contribution is -2.34. The molecule has 0 saturated heterocycles. The van der Waals surface area contributed by atoms with Crippen LogP contribution in [0.5, 0.6) is 5.75 Å². The van der Waals surface area contributed by atoms with Crippen LogP contribution in [-0.2, 0) is 0 Å². The average Bonchev–Trinajstić information content (AvgIpc) is 2.56. The second-order valence-electron chi connectivity index (χ2n) is 5.12. The number of anilines is 1. The molecule has 0 aliphatic rings. The Morgan fingerprint density at radius 3 is 2.75 bits per heavy atom. The molecule has 0 atom stereocenters. The lowest BCUT2D eigenvalue weighted by molar-refractivity contribution is 0.0977. The van der Waals surface area contributed by atoms with Crippen molar-refractivity contribution in [1.82, 2.24) is 5.32 Å². The van der Waals surface area contributed by atoms with Crippen molar-refractivity contribution >= 4 is 44.9 Å². The molecular weight excluding hydrogens is 388 g/mol. The number of amides is 1. The standard InChI is InChI=1S/C18H19BrN2O2S/c1-2-3-11-23-16-10-5-4-9-15(16)20-18(24)21-17(22)13-7-6-8-14(19)12-13/h4-10,12H,2-3,11H2,1H3,(H2,20,21,22,24). The van der Waals surface area contributed by atoms with Gasteiger partial charge in [-0.2, -0.15) is 0 Å². The van der Waals surface area contributed by atoms with Gasteiger partial charge in [0.05, 0.1) is 12.3 Å². The van der Waals surface area contributed by atoms with E-state index >= 15 is 0 Å². The van der Waals surface area contributed by atoms with Gasteiger partial charge in [0.1, 0.15) is 5.75 Å². The quantitative estimate of drug-likeness (QED) is 0.536. The van der Waals surface area contributed by atoms with Crippen LogP contribution in [0.25, 0.3) is 0 Å². The van der Waals surface area contributed by atoms with Crippen LogP contribution in [0.4, 0.5) is 5.69 Å². The third-order valence-electron chi connectivity index (χ3n) is 3.20. The summed E-state index contributed by atoms with van der Waals surface area (Å²) in [5, 5.41) is 5.92. The van der Waals surface area contributed by atoms with Crippen LogP contribution in [0.3, 0.4) is 0 Å². The van der Waals surface area contributed by atoms with Crippen molar-refractivity contribution in [2.75, 3.05) is 11.9 Å². The fourth-order valence-corrected chi connectivity index (χ4v) is 2.58. The van der Waals surface area contributed by atoms with Crippen LogP contribution in [0, 0.1) is 0 Å². The maximum absolute atomic E-state index is 12.2. The Morgan fingerprint density at radius 1 is 1.21 bits per heavy atom. The number of carbonyl (C=O) groups excluding carboxylic acids is 1. The van der Waals surface area contributed by atoms with Crippen molar-refractivity contribution in [3.05, 3.63) is 58.6 Å². The van der Waals surface area contributed by atoms with Crippen LogP contribution in [0.1, 0.15) is 30.1 Å². The van der Waals surface area contributed by atoms with Gasteiger partial charge in [-0.25, -0.2) is 0 Å². The minimum Gasteiger partial charge on any atom is -0.491 e. The minimum absolute atomic E-state index is 0.228. The molecule has 6 heteroatoms. The van der Waals surface area contributed by atoms with Gasteiger partial charge in [0, 0.05) is 10.0 Å². The summed E-state index contributed by atoms with van der Waals surface area (Å²) in [6.07, 6.45) is 2.05. The highest BCUT2D eigenvalue weighted by Crippen LogP contribution is 2.24. The van der Waals surface area contributed by atoms with E-state index < -0.39 is 0 Å². The van der Waals surface area contributed by atoms with E-state index in [1.54, 1.807) is 18.2 Å². The highest BCUT2D eigenvalue weighted by atomic mass is 79.9. The molecule has 2 aromatic rings. The van der Waals surface area contributed by atoms with E-state index in [1.165, 1.54) is 0 Å². The Morgan fingerprint density at radius 2 is 2.00 bits per heavy atom. The van der Waals surface area contributed by atoms with Gasteiger partial charge in [-0.1, -0.05) is 47.5 Å². The van der Waals surface area contributed by atoms with Gasteiger partial charge in [-0.3, -0.25) is 10.1 Å². The first-order valence-electron chi connectivity index (χ1n) is 7.70. The van der Waals surface area contributed by atoms with E-state index in [2.05, 4.69) is 33.5 Å². The van der Waals surface area contributed by atoms with Gasteiger partial charge in [0.25, 0.3) is 5.91 Å². The predicted molar refractivity (Wildman–Crippen MR) is 105 cm³/mol.